The SMILES string of the molecule is CCCCCCCCC(CCCCCCCC)OC(=O)CCCCCCCN(CCCCCCCC(=O)OC(CC)CCCCCCC)CCCN(C)c1c(N(C)C)c(=O)c1=O. The summed E-state index contributed by atoms with van der Waals surface area (Å²) >= 11 is 0. The highest BCUT2D eigenvalue weighted by molar-refractivity contribution is 5.75. The monoisotopic (exact) mass is 874 g/mol. The molecule has 0 aliphatic carbocycles. The van der Waals surface area contributed by atoms with E-state index in [-0.39, 0.29) is 35.0 Å². The fraction of sp³-hybridized carbons (Fsp3) is 0.887. The van der Waals surface area contributed by atoms with Gasteiger partial charge < -0.3 is 24.2 Å². The molecule has 62 heavy (non-hydrogen) atoms. The zero-order chi connectivity index (χ0) is 45.6. The number of ether oxygens (including phenoxy) is 2. The van der Waals surface area contributed by atoms with Crippen LogP contribution in [0.1, 0.15) is 246 Å². The molecule has 0 aliphatic heterocycles. The second-order valence-electron chi connectivity index (χ2n) is 18.8. The van der Waals surface area contributed by atoms with Gasteiger partial charge in [-0.05, 0) is 96.7 Å². The minimum Gasteiger partial charge on any atom is -0.462 e. The molecule has 1 unspecified atom stereocenters. The van der Waals surface area contributed by atoms with Crippen LogP contribution in [0.2, 0.25) is 0 Å². The van der Waals surface area contributed by atoms with E-state index < -0.39 is 0 Å². The smallest absolute Gasteiger partial charge is 0.306 e. The standard InChI is InChI=1S/C53H99N3O6/c1-8-12-15-18-23-30-38-47(39-31-24-19-16-13-9-2)62-49(58)41-33-26-21-28-35-44-56(45-36-42-55(7)51-50(54(5)6)52(59)53(51)60)43-34-27-20-25-32-40-48(57)61-46(11-4)37-29-22-17-14-10-3/h46-47H,8-45H2,1-7H3. The molecule has 0 saturated heterocycles. The summed E-state index contributed by atoms with van der Waals surface area (Å²) in [6, 6.07) is 0. The first-order chi connectivity index (χ1) is 30.1. The maximum absolute atomic E-state index is 12.9. The molecule has 1 atom stereocenters. The van der Waals surface area contributed by atoms with Crippen LogP contribution in [0.3, 0.4) is 0 Å². The lowest BCUT2D eigenvalue weighted by Crippen LogP contribution is -2.44. The van der Waals surface area contributed by atoms with E-state index >= 15 is 0 Å². The maximum atomic E-state index is 12.9. The molecule has 9 nitrogen and oxygen atoms in total. The number of anilines is 2. The Morgan fingerprint density at radius 3 is 1.21 bits per heavy atom. The number of carbonyl (C=O) groups excluding carboxylic acids is 2. The van der Waals surface area contributed by atoms with Crippen LogP contribution < -0.4 is 20.7 Å². The maximum Gasteiger partial charge on any atom is 0.306 e. The van der Waals surface area contributed by atoms with Gasteiger partial charge in [-0.25, -0.2) is 0 Å². The summed E-state index contributed by atoms with van der Waals surface area (Å²) in [6.45, 7) is 12.6. The number of carbonyl (C=O) groups is 2. The highest BCUT2D eigenvalue weighted by atomic mass is 16.5. The molecule has 0 amide bonds. The van der Waals surface area contributed by atoms with E-state index in [1.54, 1.807) is 4.90 Å². The van der Waals surface area contributed by atoms with Crippen LogP contribution in [-0.2, 0) is 19.1 Å². The van der Waals surface area contributed by atoms with Crippen LogP contribution in [-0.4, -0.2) is 76.4 Å². The van der Waals surface area contributed by atoms with Gasteiger partial charge in [0.1, 0.15) is 23.6 Å². The molecule has 0 spiro atoms. The number of esters is 2. The predicted octanol–water partition coefficient (Wildman–Crippen LogP) is 13.3. The lowest BCUT2D eigenvalue weighted by molar-refractivity contribution is -0.150. The van der Waals surface area contributed by atoms with Crippen LogP contribution in [0.4, 0.5) is 11.4 Å². The van der Waals surface area contributed by atoms with Crippen molar-refractivity contribution in [1.82, 2.24) is 4.90 Å². The molecule has 0 N–H and O–H groups in total. The van der Waals surface area contributed by atoms with E-state index in [1.165, 1.54) is 89.9 Å². The second-order valence-corrected chi connectivity index (χ2v) is 18.8. The molecule has 0 aromatic heterocycles. The highest BCUT2D eigenvalue weighted by Crippen LogP contribution is 2.22. The Balaban J connectivity index is 2.49. The van der Waals surface area contributed by atoms with Gasteiger partial charge in [-0.3, -0.25) is 19.2 Å². The molecule has 1 rings (SSSR count). The van der Waals surface area contributed by atoms with Crippen molar-refractivity contribution in [3.05, 3.63) is 20.4 Å². The molecule has 0 saturated carbocycles. The van der Waals surface area contributed by atoms with Crippen LogP contribution in [0.15, 0.2) is 9.59 Å². The molecular weight excluding hydrogens is 775 g/mol. The molecule has 0 aliphatic rings. The van der Waals surface area contributed by atoms with Gasteiger partial charge >= 0.3 is 11.9 Å². The summed E-state index contributed by atoms with van der Waals surface area (Å²) in [7, 11) is 5.55. The molecule has 0 fully saturated rings. The van der Waals surface area contributed by atoms with Crippen molar-refractivity contribution in [3.63, 3.8) is 0 Å². The average molecular weight is 874 g/mol. The Morgan fingerprint density at radius 2 is 0.774 bits per heavy atom. The normalized spacial score (nSPS) is 12.1. The van der Waals surface area contributed by atoms with Crippen molar-refractivity contribution in [1.29, 1.82) is 0 Å². The Morgan fingerprint density at radius 1 is 0.419 bits per heavy atom. The fourth-order valence-corrected chi connectivity index (χ4v) is 8.76. The van der Waals surface area contributed by atoms with E-state index in [4.69, 9.17) is 9.47 Å². The molecule has 362 valence electrons. The first kappa shape index (κ1) is 57.6. The molecule has 1 aromatic rings. The largest absolute Gasteiger partial charge is 0.462 e. The number of rotatable bonds is 45. The zero-order valence-corrected chi connectivity index (χ0v) is 41.8. The van der Waals surface area contributed by atoms with Gasteiger partial charge in [0.2, 0.25) is 0 Å². The molecule has 0 radical (unpaired) electrons. The van der Waals surface area contributed by atoms with Gasteiger partial charge in [-0.2, -0.15) is 0 Å². The first-order valence-electron chi connectivity index (χ1n) is 26.4. The van der Waals surface area contributed by atoms with Gasteiger partial charge in [0.25, 0.3) is 10.9 Å². The van der Waals surface area contributed by atoms with Crippen molar-refractivity contribution in [2.75, 3.05) is 57.1 Å². The molecule has 0 heterocycles. The Kier molecular flexibility index (Phi) is 36.2. The lowest BCUT2D eigenvalue weighted by atomic mass is 10.0. The summed E-state index contributed by atoms with van der Waals surface area (Å²) in [5.41, 5.74) is 0.290. The van der Waals surface area contributed by atoms with Gasteiger partial charge in [0.05, 0.1) is 0 Å². The van der Waals surface area contributed by atoms with Gasteiger partial charge in [0.15, 0.2) is 0 Å². The van der Waals surface area contributed by atoms with Crippen molar-refractivity contribution < 1.29 is 19.1 Å². The summed E-state index contributed by atoms with van der Waals surface area (Å²) in [4.78, 5) is 56.2. The number of hydrogen-bond acceptors (Lipinski definition) is 9. The summed E-state index contributed by atoms with van der Waals surface area (Å²) < 4.78 is 11.9. The Hall–Kier alpha value is -2.42. The third kappa shape index (κ3) is 28.4. The van der Waals surface area contributed by atoms with Crippen molar-refractivity contribution in [2.24, 2.45) is 0 Å². The van der Waals surface area contributed by atoms with E-state index in [0.29, 0.717) is 24.2 Å². The number of unbranched alkanes of at least 4 members (excludes halogenated alkanes) is 22. The van der Waals surface area contributed by atoms with Crippen LogP contribution >= 0.6 is 0 Å². The average Bonchev–Trinajstić information content (AvgIpc) is 3.25. The van der Waals surface area contributed by atoms with Crippen LogP contribution in [0.5, 0.6) is 0 Å². The highest BCUT2D eigenvalue weighted by Gasteiger charge is 2.25. The van der Waals surface area contributed by atoms with Crippen LogP contribution in [0.25, 0.3) is 0 Å². The minimum atomic E-state index is -0.387. The minimum absolute atomic E-state index is 0.00176. The summed E-state index contributed by atoms with van der Waals surface area (Å²) in [5.74, 6) is -0.0349. The van der Waals surface area contributed by atoms with Gasteiger partial charge in [-0.15, -0.1) is 0 Å². The van der Waals surface area contributed by atoms with Crippen LogP contribution in [0, 0.1) is 0 Å². The third-order valence-corrected chi connectivity index (χ3v) is 12.8. The van der Waals surface area contributed by atoms with Gasteiger partial charge in [0, 0.05) is 40.5 Å². The second kappa shape index (κ2) is 39.0. The van der Waals surface area contributed by atoms with Crippen molar-refractivity contribution in [3.8, 4) is 0 Å². The molecule has 1 aromatic carbocycles. The topological polar surface area (TPSA) is 96.5 Å². The fourth-order valence-electron chi connectivity index (χ4n) is 8.76. The third-order valence-electron chi connectivity index (χ3n) is 12.8. The summed E-state index contributed by atoms with van der Waals surface area (Å²) in [6.07, 6.45) is 38.1. The van der Waals surface area contributed by atoms with Crippen molar-refractivity contribution >= 4 is 23.3 Å². The van der Waals surface area contributed by atoms with E-state index in [2.05, 4.69) is 32.6 Å². The quantitative estimate of drug-likeness (QED) is 0.0360. The predicted molar refractivity (Wildman–Crippen MR) is 265 cm³/mol. The van der Waals surface area contributed by atoms with Crippen molar-refractivity contribution in [2.45, 2.75) is 258 Å². The molecular formula is C53H99N3O6. The van der Waals surface area contributed by atoms with Gasteiger partial charge in [-0.1, -0.05) is 156 Å². The van der Waals surface area contributed by atoms with E-state index in [0.717, 1.165) is 142 Å². The number of hydrogen-bond donors (Lipinski definition) is 0. The lowest BCUT2D eigenvalue weighted by Gasteiger charge is -2.28. The Labute approximate surface area is 381 Å². The Bertz CT molecular complexity index is 1280. The summed E-state index contributed by atoms with van der Waals surface area (Å²) in [5, 5.41) is 0. The molecule has 0 bridgehead atoms. The first-order valence-corrected chi connectivity index (χ1v) is 26.4. The molecule has 9 heteroatoms. The van der Waals surface area contributed by atoms with E-state index in [9.17, 15) is 19.2 Å². The number of nitrogens with zero attached hydrogens (tertiary/aromatic N) is 3. The van der Waals surface area contributed by atoms with E-state index in [1.807, 2.05) is 26.0 Å². The zero-order valence-electron chi connectivity index (χ0n) is 41.8.